The molecule has 2 aliphatic heterocycles. The van der Waals surface area contributed by atoms with E-state index in [0.717, 1.165) is 52.1 Å². The van der Waals surface area contributed by atoms with Gasteiger partial charge in [0.1, 0.15) is 5.69 Å². The molecule has 34 heavy (non-hydrogen) atoms. The molecular formula is C25H41N5O4. The number of carbonyl (C=O) groups excluding carboxylic acids is 3. The molecule has 2 amide bonds. The van der Waals surface area contributed by atoms with E-state index in [1.165, 1.54) is 0 Å². The zero-order valence-electron chi connectivity index (χ0n) is 21.2. The number of likely N-dealkylation sites (N-methyl/N-ethyl adjacent to an activating group) is 1. The fourth-order valence-electron chi connectivity index (χ4n) is 4.99. The normalized spacial score (nSPS) is 18.2. The molecule has 0 atom stereocenters. The van der Waals surface area contributed by atoms with E-state index >= 15 is 0 Å². The topological polar surface area (TPSA) is 98.0 Å². The number of aromatic amines is 1. The van der Waals surface area contributed by atoms with E-state index in [1.54, 1.807) is 13.8 Å². The van der Waals surface area contributed by atoms with Gasteiger partial charge >= 0.3 is 5.97 Å². The third-order valence-electron chi connectivity index (χ3n) is 7.17. The Morgan fingerprint density at radius 3 is 2.26 bits per heavy atom. The van der Waals surface area contributed by atoms with Crippen molar-refractivity contribution in [2.75, 3.05) is 65.5 Å². The second-order valence-electron chi connectivity index (χ2n) is 9.41. The van der Waals surface area contributed by atoms with Crippen LogP contribution in [0.5, 0.6) is 0 Å². The number of nitrogens with zero attached hydrogens (tertiary/aromatic N) is 3. The number of hydrogen-bond donors (Lipinski definition) is 2. The molecule has 3 rings (SSSR count). The first-order valence-electron chi connectivity index (χ1n) is 12.7. The molecule has 0 radical (unpaired) electrons. The fraction of sp³-hybridized carbons (Fsp3) is 0.720. The maximum absolute atomic E-state index is 13.2. The van der Waals surface area contributed by atoms with Gasteiger partial charge in [0.2, 0.25) is 5.91 Å². The second-order valence-corrected chi connectivity index (χ2v) is 9.41. The minimum absolute atomic E-state index is 0.0622. The fourth-order valence-corrected chi connectivity index (χ4v) is 4.99. The molecule has 0 aliphatic carbocycles. The van der Waals surface area contributed by atoms with Crippen LogP contribution in [0.15, 0.2) is 0 Å². The quantitative estimate of drug-likeness (QED) is 0.529. The third-order valence-corrected chi connectivity index (χ3v) is 7.17. The molecule has 2 N–H and O–H groups in total. The van der Waals surface area contributed by atoms with Crippen LogP contribution in [0.4, 0.5) is 0 Å². The molecule has 0 unspecified atom stereocenters. The van der Waals surface area contributed by atoms with Crippen LogP contribution in [-0.4, -0.2) is 103 Å². The Morgan fingerprint density at radius 1 is 1.00 bits per heavy atom. The number of piperazine rings is 1. The number of esters is 1. The minimum Gasteiger partial charge on any atom is -0.461 e. The molecule has 1 aromatic heterocycles. The predicted octanol–water partition coefficient (Wildman–Crippen LogP) is 1.80. The van der Waals surface area contributed by atoms with E-state index < -0.39 is 5.97 Å². The summed E-state index contributed by atoms with van der Waals surface area (Å²) in [6, 6.07) is 0. The minimum atomic E-state index is -0.435. The average molecular weight is 476 g/mol. The first kappa shape index (κ1) is 26.2. The first-order chi connectivity index (χ1) is 16.3. The SMILES string of the molecule is CCOC(=O)c1[nH]c(C)c(C(=O)N2CCC(CC(=O)NCCN3CCN(CC)CC3)CC2)c1C. The number of hydrogen-bond acceptors (Lipinski definition) is 6. The highest BCUT2D eigenvalue weighted by molar-refractivity contribution is 6.01. The Bertz CT molecular complexity index is 852. The lowest BCUT2D eigenvalue weighted by molar-refractivity contribution is -0.122. The average Bonchev–Trinajstić information content (AvgIpc) is 3.13. The van der Waals surface area contributed by atoms with Crippen molar-refractivity contribution < 1.29 is 19.1 Å². The number of rotatable bonds is 9. The lowest BCUT2D eigenvalue weighted by atomic mass is 9.92. The first-order valence-corrected chi connectivity index (χ1v) is 12.7. The standard InChI is InChI=1S/C25H41N5O4/c1-5-28-13-15-29(16-14-28)12-9-26-21(31)17-20-7-10-30(11-8-20)24(32)22-18(3)23(27-19(22)4)25(33)34-6-2/h20,27H,5-17H2,1-4H3,(H,26,31). The number of nitrogens with one attached hydrogen (secondary N) is 2. The van der Waals surface area contributed by atoms with Crippen molar-refractivity contribution in [1.29, 1.82) is 0 Å². The third kappa shape index (κ3) is 6.60. The van der Waals surface area contributed by atoms with E-state index in [0.29, 0.717) is 54.5 Å². The Morgan fingerprint density at radius 2 is 1.65 bits per heavy atom. The Hall–Kier alpha value is -2.39. The van der Waals surface area contributed by atoms with E-state index in [2.05, 4.69) is 27.0 Å². The van der Waals surface area contributed by atoms with E-state index in [1.807, 2.05) is 11.8 Å². The van der Waals surface area contributed by atoms with Gasteiger partial charge in [-0.25, -0.2) is 4.79 Å². The van der Waals surface area contributed by atoms with Crippen molar-refractivity contribution in [3.8, 4) is 0 Å². The molecule has 0 bridgehead atoms. The van der Waals surface area contributed by atoms with Gasteiger partial charge in [-0.1, -0.05) is 6.92 Å². The van der Waals surface area contributed by atoms with Gasteiger partial charge in [-0.05, 0) is 51.6 Å². The number of H-pyrrole nitrogens is 1. The van der Waals surface area contributed by atoms with Crippen LogP contribution in [0.1, 0.15) is 65.2 Å². The molecule has 2 aliphatic rings. The summed E-state index contributed by atoms with van der Waals surface area (Å²) in [5, 5.41) is 3.08. The van der Waals surface area contributed by atoms with Gasteiger partial charge in [0.15, 0.2) is 0 Å². The van der Waals surface area contributed by atoms with Gasteiger partial charge in [0.05, 0.1) is 12.2 Å². The van der Waals surface area contributed by atoms with Crippen LogP contribution >= 0.6 is 0 Å². The number of aromatic nitrogens is 1. The highest BCUT2D eigenvalue weighted by Gasteiger charge is 2.29. The van der Waals surface area contributed by atoms with Gasteiger partial charge in [0.25, 0.3) is 5.91 Å². The van der Waals surface area contributed by atoms with Crippen molar-refractivity contribution in [3.05, 3.63) is 22.5 Å². The Labute approximate surface area is 203 Å². The zero-order chi connectivity index (χ0) is 24.7. The van der Waals surface area contributed by atoms with Crippen LogP contribution in [0.2, 0.25) is 0 Å². The zero-order valence-corrected chi connectivity index (χ0v) is 21.2. The molecular weight excluding hydrogens is 434 g/mol. The summed E-state index contributed by atoms with van der Waals surface area (Å²) in [4.78, 5) is 47.5. The van der Waals surface area contributed by atoms with Crippen LogP contribution in [0, 0.1) is 19.8 Å². The lowest BCUT2D eigenvalue weighted by Crippen LogP contribution is -2.48. The summed E-state index contributed by atoms with van der Waals surface area (Å²) in [6.45, 7) is 16.1. The molecule has 1 aromatic rings. The van der Waals surface area contributed by atoms with Gasteiger partial charge in [-0.2, -0.15) is 0 Å². The molecule has 3 heterocycles. The summed E-state index contributed by atoms with van der Waals surface area (Å²) >= 11 is 0. The second kappa shape index (κ2) is 12.4. The van der Waals surface area contributed by atoms with Gasteiger partial charge < -0.3 is 24.8 Å². The lowest BCUT2D eigenvalue weighted by Gasteiger charge is -2.34. The smallest absolute Gasteiger partial charge is 0.355 e. The Balaban J connectivity index is 1.41. The van der Waals surface area contributed by atoms with Crippen LogP contribution in [-0.2, 0) is 9.53 Å². The summed E-state index contributed by atoms with van der Waals surface area (Å²) in [5.41, 5.74) is 2.22. The molecule has 9 heteroatoms. The molecule has 190 valence electrons. The van der Waals surface area contributed by atoms with Gasteiger partial charge in [-0.3, -0.25) is 14.5 Å². The van der Waals surface area contributed by atoms with Crippen LogP contribution < -0.4 is 5.32 Å². The molecule has 0 saturated carbocycles. The van der Waals surface area contributed by atoms with Gasteiger partial charge in [-0.15, -0.1) is 0 Å². The van der Waals surface area contributed by atoms with Crippen LogP contribution in [0.25, 0.3) is 0 Å². The number of likely N-dealkylation sites (tertiary alicyclic amines) is 1. The largest absolute Gasteiger partial charge is 0.461 e. The highest BCUT2D eigenvalue weighted by atomic mass is 16.5. The number of carbonyl (C=O) groups is 3. The predicted molar refractivity (Wildman–Crippen MR) is 131 cm³/mol. The van der Waals surface area contributed by atoms with E-state index in [9.17, 15) is 14.4 Å². The summed E-state index contributed by atoms with van der Waals surface area (Å²) in [6.07, 6.45) is 2.14. The number of aryl methyl sites for hydroxylation is 1. The molecule has 0 spiro atoms. The van der Waals surface area contributed by atoms with Crippen molar-refractivity contribution in [3.63, 3.8) is 0 Å². The monoisotopic (exact) mass is 475 g/mol. The molecule has 9 nitrogen and oxygen atoms in total. The molecule has 0 aromatic carbocycles. The highest BCUT2D eigenvalue weighted by Crippen LogP contribution is 2.25. The molecule has 2 fully saturated rings. The maximum Gasteiger partial charge on any atom is 0.355 e. The Kier molecular flexibility index (Phi) is 9.53. The van der Waals surface area contributed by atoms with Crippen molar-refractivity contribution in [2.45, 2.75) is 47.0 Å². The number of amides is 2. The van der Waals surface area contributed by atoms with Crippen molar-refractivity contribution in [2.24, 2.45) is 5.92 Å². The van der Waals surface area contributed by atoms with Crippen molar-refractivity contribution >= 4 is 17.8 Å². The van der Waals surface area contributed by atoms with Crippen molar-refractivity contribution in [1.82, 2.24) is 25.0 Å². The van der Waals surface area contributed by atoms with E-state index in [-0.39, 0.29) is 18.4 Å². The number of ether oxygens (including phenoxy) is 1. The summed E-state index contributed by atoms with van der Waals surface area (Å²) in [7, 11) is 0. The van der Waals surface area contributed by atoms with Crippen LogP contribution in [0.3, 0.4) is 0 Å². The molecule has 2 saturated heterocycles. The summed E-state index contributed by atoms with van der Waals surface area (Å²) in [5.74, 6) is -0.100. The maximum atomic E-state index is 13.2. The van der Waals surface area contributed by atoms with Gasteiger partial charge in [0, 0.05) is 64.5 Å². The number of piperidine rings is 1. The van der Waals surface area contributed by atoms with E-state index in [4.69, 9.17) is 4.74 Å². The summed E-state index contributed by atoms with van der Waals surface area (Å²) < 4.78 is 5.09.